The lowest BCUT2D eigenvalue weighted by Gasteiger charge is -2.34. The number of hydrogen-bond donors (Lipinski definition) is 1. The van der Waals surface area contributed by atoms with E-state index in [2.05, 4.69) is 10.2 Å². The summed E-state index contributed by atoms with van der Waals surface area (Å²) >= 11 is 0. The van der Waals surface area contributed by atoms with Gasteiger partial charge < -0.3 is 10.2 Å². The highest BCUT2D eigenvalue weighted by molar-refractivity contribution is 5.94. The van der Waals surface area contributed by atoms with Crippen molar-refractivity contribution in [2.75, 3.05) is 19.6 Å². The minimum atomic E-state index is -0.980. The second-order valence-corrected chi connectivity index (χ2v) is 4.64. The van der Waals surface area contributed by atoms with E-state index in [9.17, 15) is 9.18 Å². The highest BCUT2D eigenvalue weighted by Crippen LogP contribution is 2.14. The molecule has 2 unspecified atom stereocenters. The van der Waals surface area contributed by atoms with Gasteiger partial charge in [-0.2, -0.15) is 0 Å². The first-order valence-electron chi connectivity index (χ1n) is 6.43. The van der Waals surface area contributed by atoms with Crippen molar-refractivity contribution in [3.63, 3.8) is 0 Å². The number of hydrogen-bond acceptors (Lipinski definition) is 2. The Labute approximate surface area is 107 Å². The maximum Gasteiger partial charge on any atom is 0.251 e. The number of rotatable bonds is 3. The molecule has 0 bridgehead atoms. The van der Waals surface area contributed by atoms with Gasteiger partial charge in [0.1, 0.15) is 6.17 Å². The standard InChI is InChI=1S/C14H19FN2O/c1-2-17-9-8-13(12(15)10-17)16-14(18)11-6-4-3-5-7-11/h3-7,12-13H,2,8-10H2,1H3,(H,16,18). The molecule has 0 radical (unpaired) electrons. The van der Waals surface area contributed by atoms with Crippen molar-refractivity contribution in [3.05, 3.63) is 35.9 Å². The third kappa shape index (κ3) is 3.07. The van der Waals surface area contributed by atoms with Crippen molar-refractivity contribution < 1.29 is 9.18 Å². The molecule has 1 fully saturated rings. The van der Waals surface area contributed by atoms with Gasteiger partial charge in [0.25, 0.3) is 5.91 Å². The van der Waals surface area contributed by atoms with Crippen LogP contribution in [0.5, 0.6) is 0 Å². The number of nitrogens with zero attached hydrogens (tertiary/aromatic N) is 1. The molecule has 0 spiro atoms. The predicted molar refractivity (Wildman–Crippen MR) is 69.3 cm³/mol. The van der Waals surface area contributed by atoms with Gasteiger partial charge in [-0.3, -0.25) is 4.79 Å². The average Bonchev–Trinajstić information content (AvgIpc) is 2.42. The predicted octanol–water partition coefficient (Wildman–Crippen LogP) is 1.85. The molecule has 1 amide bonds. The Balaban J connectivity index is 1.92. The third-order valence-corrected chi connectivity index (χ3v) is 3.43. The Morgan fingerprint density at radius 3 is 2.78 bits per heavy atom. The SMILES string of the molecule is CCN1CCC(NC(=O)c2ccccc2)C(F)C1. The highest BCUT2D eigenvalue weighted by atomic mass is 19.1. The van der Waals surface area contributed by atoms with Gasteiger partial charge in [0.05, 0.1) is 6.04 Å². The van der Waals surface area contributed by atoms with E-state index in [1.54, 1.807) is 12.1 Å². The lowest BCUT2D eigenvalue weighted by molar-refractivity contribution is 0.0790. The lowest BCUT2D eigenvalue weighted by Crippen LogP contribution is -2.52. The second kappa shape index (κ2) is 5.96. The van der Waals surface area contributed by atoms with E-state index in [4.69, 9.17) is 0 Å². The van der Waals surface area contributed by atoms with Crippen LogP contribution in [0.15, 0.2) is 30.3 Å². The monoisotopic (exact) mass is 250 g/mol. The number of nitrogens with one attached hydrogen (secondary N) is 1. The zero-order valence-electron chi connectivity index (χ0n) is 10.6. The van der Waals surface area contributed by atoms with Crippen molar-refractivity contribution in [2.24, 2.45) is 0 Å². The molecule has 3 nitrogen and oxygen atoms in total. The van der Waals surface area contributed by atoms with Gasteiger partial charge in [0, 0.05) is 18.7 Å². The molecule has 1 aliphatic rings. The molecule has 1 aromatic carbocycles. The first-order chi connectivity index (χ1) is 8.70. The van der Waals surface area contributed by atoms with Gasteiger partial charge >= 0.3 is 0 Å². The van der Waals surface area contributed by atoms with E-state index in [0.29, 0.717) is 18.5 Å². The third-order valence-electron chi connectivity index (χ3n) is 3.43. The molecule has 1 heterocycles. The minimum absolute atomic E-state index is 0.187. The number of halogens is 1. The van der Waals surface area contributed by atoms with Crippen LogP contribution in [0.25, 0.3) is 0 Å². The fourth-order valence-electron chi connectivity index (χ4n) is 2.26. The van der Waals surface area contributed by atoms with Crippen LogP contribution in [0, 0.1) is 0 Å². The molecule has 1 aromatic rings. The van der Waals surface area contributed by atoms with Crippen molar-refractivity contribution in [1.82, 2.24) is 10.2 Å². The molecule has 2 atom stereocenters. The van der Waals surface area contributed by atoms with Crippen LogP contribution in [0.1, 0.15) is 23.7 Å². The van der Waals surface area contributed by atoms with Crippen LogP contribution in [-0.4, -0.2) is 42.7 Å². The molecule has 0 aromatic heterocycles. The van der Waals surface area contributed by atoms with E-state index in [1.807, 2.05) is 25.1 Å². The van der Waals surface area contributed by atoms with E-state index in [1.165, 1.54) is 0 Å². The molecule has 4 heteroatoms. The molecular weight excluding hydrogens is 231 g/mol. The van der Waals surface area contributed by atoms with E-state index < -0.39 is 6.17 Å². The molecule has 18 heavy (non-hydrogen) atoms. The number of carbonyl (C=O) groups excluding carboxylic acids is 1. The van der Waals surface area contributed by atoms with Crippen LogP contribution in [-0.2, 0) is 0 Å². The second-order valence-electron chi connectivity index (χ2n) is 4.64. The normalized spacial score (nSPS) is 24.8. The largest absolute Gasteiger partial charge is 0.346 e. The summed E-state index contributed by atoms with van der Waals surface area (Å²) in [7, 11) is 0. The van der Waals surface area contributed by atoms with Gasteiger partial charge in [-0.25, -0.2) is 4.39 Å². The van der Waals surface area contributed by atoms with Gasteiger partial charge in [-0.05, 0) is 25.1 Å². The smallest absolute Gasteiger partial charge is 0.251 e. The van der Waals surface area contributed by atoms with Crippen molar-refractivity contribution in [1.29, 1.82) is 0 Å². The fraction of sp³-hybridized carbons (Fsp3) is 0.500. The number of carbonyl (C=O) groups is 1. The zero-order chi connectivity index (χ0) is 13.0. The van der Waals surface area contributed by atoms with E-state index in [-0.39, 0.29) is 11.9 Å². The van der Waals surface area contributed by atoms with Gasteiger partial charge in [-0.15, -0.1) is 0 Å². The van der Waals surface area contributed by atoms with Gasteiger partial charge in [0.15, 0.2) is 0 Å². The maximum atomic E-state index is 13.9. The van der Waals surface area contributed by atoms with Crippen LogP contribution < -0.4 is 5.32 Å². The van der Waals surface area contributed by atoms with Crippen molar-refractivity contribution in [3.8, 4) is 0 Å². The Hall–Kier alpha value is -1.42. The summed E-state index contributed by atoms with van der Waals surface area (Å²) in [4.78, 5) is 14.0. The molecule has 0 saturated carbocycles. The summed E-state index contributed by atoms with van der Waals surface area (Å²) < 4.78 is 13.9. The molecule has 1 aliphatic heterocycles. The van der Waals surface area contributed by atoms with Crippen LogP contribution in [0.4, 0.5) is 4.39 Å². The van der Waals surface area contributed by atoms with Gasteiger partial charge in [-0.1, -0.05) is 25.1 Å². The van der Waals surface area contributed by atoms with Gasteiger partial charge in [0.2, 0.25) is 0 Å². The molecule has 0 aliphatic carbocycles. The topological polar surface area (TPSA) is 32.3 Å². The van der Waals surface area contributed by atoms with Crippen LogP contribution in [0.3, 0.4) is 0 Å². The molecule has 2 rings (SSSR count). The average molecular weight is 250 g/mol. The maximum absolute atomic E-state index is 13.9. The number of alkyl halides is 1. The number of amides is 1. The summed E-state index contributed by atoms with van der Waals surface area (Å²) in [6.45, 7) is 4.14. The van der Waals surface area contributed by atoms with Crippen LogP contribution >= 0.6 is 0 Å². The number of piperidine rings is 1. The van der Waals surface area contributed by atoms with Crippen molar-refractivity contribution in [2.45, 2.75) is 25.6 Å². The Morgan fingerprint density at radius 2 is 2.17 bits per heavy atom. The first kappa shape index (κ1) is 13.0. The highest BCUT2D eigenvalue weighted by Gasteiger charge is 2.29. The Kier molecular flexibility index (Phi) is 4.31. The fourth-order valence-corrected chi connectivity index (χ4v) is 2.26. The Morgan fingerprint density at radius 1 is 1.44 bits per heavy atom. The van der Waals surface area contributed by atoms with E-state index in [0.717, 1.165) is 13.1 Å². The number of likely N-dealkylation sites (tertiary alicyclic amines) is 1. The first-order valence-corrected chi connectivity index (χ1v) is 6.43. The zero-order valence-corrected chi connectivity index (χ0v) is 10.6. The summed E-state index contributed by atoms with van der Waals surface area (Å²) in [6.07, 6.45) is -0.306. The molecule has 98 valence electrons. The lowest BCUT2D eigenvalue weighted by atomic mass is 10.0. The van der Waals surface area contributed by atoms with E-state index >= 15 is 0 Å². The molecular formula is C14H19FN2O. The Bertz CT molecular complexity index is 396. The summed E-state index contributed by atoms with van der Waals surface area (Å²) in [5.41, 5.74) is 0.586. The summed E-state index contributed by atoms with van der Waals surface area (Å²) in [6, 6.07) is 8.59. The molecule has 1 N–H and O–H groups in total. The quantitative estimate of drug-likeness (QED) is 0.888. The minimum Gasteiger partial charge on any atom is -0.346 e. The van der Waals surface area contributed by atoms with Crippen LogP contribution in [0.2, 0.25) is 0 Å². The number of benzene rings is 1. The van der Waals surface area contributed by atoms with Crippen molar-refractivity contribution >= 4 is 5.91 Å². The summed E-state index contributed by atoms with van der Waals surface area (Å²) in [5, 5.41) is 2.79. The molecule has 1 saturated heterocycles. The summed E-state index contributed by atoms with van der Waals surface area (Å²) in [5.74, 6) is -0.187.